The zero-order valence-corrected chi connectivity index (χ0v) is 10.4. The standard InChI is InChI=1S/C12H20N4O/c1-9(2)17-11-7-14-6-10(15-11)16-12(8-13)4-3-5-12/h6-7,9H,3-5,8,13H2,1-2H3,(H,15,16). The molecule has 1 saturated carbocycles. The number of nitrogens with zero attached hydrogens (tertiary/aromatic N) is 2. The molecular weight excluding hydrogens is 216 g/mol. The molecule has 0 aromatic carbocycles. The van der Waals surface area contributed by atoms with Crippen LogP contribution in [0.5, 0.6) is 5.88 Å². The lowest BCUT2D eigenvalue weighted by Gasteiger charge is -2.41. The molecule has 3 N–H and O–H groups in total. The predicted molar refractivity (Wildman–Crippen MR) is 67.1 cm³/mol. The summed E-state index contributed by atoms with van der Waals surface area (Å²) in [6, 6.07) is 0. The summed E-state index contributed by atoms with van der Waals surface area (Å²) in [6.07, 6.45) is 6.86. The van der Waals surface area contributed by atoms with E-state index < -0.39 is 0 Å². The second-order valence-corrected chi connectivity index (χ2v) is 4.87. The Kier molecular flexibility index (Phi) is 3.47. The molecule has 94 valence electrons. The van der Waals surface area contributed by atoms with E-state index in [1.54, 1.807) is 12.4 Å². The highest BCUT2D eigenvalue weighted by molar-refractivity contribution is 5.38. The maximum Gasteiger partial charge on any atom is 0.234 e. The first kappa shape index (κ1) is 12.1. The van der Waals surface area contributed by atoms with Gasteiger partial charge in [0.2, 0.25) is 5.88 Å². The molecule has 0 radical (unpaired) electrons. The van der Waals surface area contributed by atoms with Crippen molar-refractivity contribution < 1.29 is 4.74 Å². The van der Waals surface area contributed by atoms with E-state index in [1.807, 2.05) is 13.8 Å². The smallest absolute Gasteiger partial charge is 0.234 e. The van der Waals surface area contributed by atoms with Gasteiger partial charge in [0.1, 0.15) is 5.82 Å². The van der Waals surface area contributed by atoms with Crippen LogP contribution in [0.25, 0.3) is 0 Å². The van der Waals surface area contributed by atoms with Gasteiger partial charge in [-0.3, -0.25) is 4.98 Å². The Morgan fingerprint density at radius 1 is 1.47 bits per heavy atom. The SMILES string of the molecule is CC(C)Oc1cncc(NC2(CN)CCC2)n1. The lowest BCUT2D eigenvalue weighted by atomic mass is 9.77. The van der Waals surface area contributed by atoms with Gasteiger partial charge < -0.3 is 15.8 Å². The van der Waals surface area contributed by atoms with Gasteiger partial charge in [-0.15, -0.1) is 0 Å². The van der Waals surface area contributed by atoms with Crippen LogP contribution >= 0.6 is 0 Å². The van der Waals surface area contributed by atoms with Gasteiger partial charge in [-0.1, -0.05) is 0 Å². The summed E-state index contributed by atoms with van der Waals surface area (Å²) in [6.45, 7) is 4.56. The van der Waals surface area contributed by atoms with Crippen molar-refractivity contribution in [1.82, 2.24) is 9.97 Å². The topological polar surface area (TPSA) is 73.1 Å². The molecule has 1 aromatic rings. The van der Waals surface area contributed by atoms with Gasteiger partial charge in [0.15, 0.2) is 0 Å². The average molecular weight is 236 g/mol. The van der Waals surface area contributed by atoms with Crippen LogP contribution in [-0.4, -0.2) is 28.2 Å². The van der Waals surface area contributed by atoms with Crippen molar-refractivity contribution in [2.45, 2.75) is 44.8 Å². The zero-order chi connectivity index (χ0) is 12.3. The molecule has 1 aliphatic carbocycles. The van der Waals surface area contributed by atoms with E-state index in [4.69, 9.17) is 10.5 Å². The third-order valence-electron chi connectivity index (χ3n) is 3.06. The highest BCUT2D eigenvalue weighted by Crippen LogP contribution is 2.33. The van der Waals surface area contributed by atoms with Crippen molar-refractivity contribution in [2.75, 3.05) is 11.9 Å². The number of nitrogens with two attached hydrogens (primary N) is 1. The molecule has 5 nitrogen and oxygen atoms in total. The molecule has 1 aliphatic rings. The van der Waals surface area contributed by atoms with Gasteiger partial charge in [0, 0.05) is 6.54 Å². The Morgan fingerprint density at radius 2 is 2.24 bits per heavy atom. The average Bonchev–Trinajstić information content (AvgIpc) is 2.23. The van der Waals surface area contributed by atoms with Crippen molar-refractivity contribution in [3.8, 4) is 5.88 Å². The van der Waals surface area contributed by atoms with E-state index in [2.05, 4.69) is 15.3 Å². The molecule has 0 spiro atoms. The minimum Gasteiger partial charge on any atom is -0.474 e. The van der Waals surface area contributed by atoms with E-state index in [0.29, 0.717) is 12.4 Å². The monoisotopic (exact) mass is 236 g/mol. The maximum absolute atomic E-state index is 5.79. The van der Waals surface area contributed by atoms with Crippen LogP contribution in [0.1, 0.15) is 33.1 Å². The second-order valence-electron chi connectivity index (χ2n) is 4.87. The molecule has 0 bridgehead atoms. The lowest BCUT2D eigenvalue weighted by molar-refractivity contribution is 0.231. The van der Waals surface area contributed by atoms with E-state index >= 15 is 0 Å². The summed E-state index contributed by atoms with van der Waals surface area (Å²) in [7, 11) is 0. The molecule has 1 fully saturated rings. The first-order valence-corrected chi connectivity index (χ1v) is 6.10. The molecule has 1 aromatic heterocycles. The highest BCUT2D eigenvalue weighted by Gasteiger charge is 2.35. The third-order valence-corrected chi connectivity index (χ3v) is 3.06. The Morgan fingerprint density at radius 3 is 2.76 bits per heavy atom. The fraction of sp³-hybridized carbons (Fsp3) is 0.667. The van der Waals surface area contributed by atoms with Crippen molar-refractivity contribution in [3.63, 3.8) is 0 Å². The van der Waals surface area contributed by atoms with Gasteiger partial charge in [0.05, 0.1) is 24.0 Å². The summed E-state index contributed by atoms with van der Waals surface area (Å²) in [5.74, 6) is 1.30. The number of hydrogen-bond donors (Lipinski definition) is 2. The lowest BCUT2D eigenvalue weighted by Crippen LogP contribution is -2.51. The molecule has 2 rings (SSSR count). The molecule has 0 unspecified atom stereocenters. The first-order chi connectivity index (χ1) is 8.13. The van der Waals surface area contributed by atoms with Gasteiger partial charge in [0.25, 0.3) is 0 Å². The molecule has 17 heavy (non-hydrogen) atoms. The molecule has 0 atom stereocenters. The highest BCUT2D eigenvalue weighted by atomic mass is 16.5. The van der Waals surface area contributed by atoms with Crippen LogP contribution in [0.15, 0.2) is 12.4 Å². The summed E-state index contributed by atoms with van der Waals surface area (Å²) < 4.78 is 5.51. The van der Waals surface area contributed by atoms with E-state index in [0.717, 1.165) is 18.7 Å². The molecule has 0 saturated heterocycles. The van der Waals surface area contributed by atoms with Crippen LogP contribution in [0, 0.1) is 0 Å². The van der Waals surface area contributed by atoms with Crippen molar-refractivity contribution in [1.29, 1.82) is 0 Å². The van der Waals surface area contributed by atoms with Crippen LogP contribution in [-0.2, 0) is 0 Å². The van der Waals surface area contributed by atoms with E-state index in [9.17, 15) is 0 Å². The Balaban J connectivity index is 2.05. The fourth-order valence-electron chi connectivity index (χ4n) is 1.96. The minimum absolute atomic E-state index is 0.0190. The van der Waals surface area contributed by atoms with E-state index in [1.165, 1.54) is 6.42 Å². The second kappa shape index (κ2) is 4.87. The summed E-state index contributed by atoms with van der Waals surface area (Å²) >= 11 is 0. The third kappa shape index (κ3) is 2.85. The predicted octanol–water partition coefficient (Wildman–Crippen LogP) is 1.56. The number of hydrogen-bond acceptors (Lipinski definition) is 5. The summed E-state index contributed by atoms with van der Waals surface area (Å²) in [5, 5.41) is 3.38. The van der Waals surface area contributed by atoms with Gasteiger partial charge in [-0.25, -0.2) is 0 Å². The first-order valence-electron chi connectivity index (χ1n) is 6.10. The van der Waals surface area contributed by atoms with Crippen molar-refractivity contribution in [3.05, 3.63) is 12.4 Å². The van der Waals surface area contributed by atoms with Crippen molar-refractivity contribution >= 4 is 5.82 Å². The summed E-state index contributed by atoms with van der Waals surface area (Å²) in [5.41, 5.74) is 5.81. The van der Waals surface area contributed by atoms with Gasteiger partial charge in [-0.05, 0) is 33.1 Å². The largest absolute Gasteiger partial charge is 0.474 e. The number of aromatic nitrogens is 2. The normalized spacial score (nSPS) is 17.6. The molecule has 5 heteroatoms. The number of rotatable bonds is 5. The van der Waals surface area contributed by atoms with Crippen LogP contribution in [0.2, 0.25) is 0 Å². The molecular formula is C12H20N4O. The Labute approximate surface area is 102 Å². The Hall–Kier alpha value is -1.36. The maximum atomic E-state index is 5.79. The quantitative estimate of drug-likeness (QED) is 0.811. The van der Waals surface area contributed by atoms with Gasteiger partial charge in [-0.2, -0.15) is 4.98 Å². The molecule has 0 amide bonds. The van der Waals surface area contributed by atoms with Crippen LogP contribution in [0.3, 0.4) is 0 Å². The van der Waals surface area contributed by atoms with Crippen molar-refractivity contribution in [2.24, 2.45) is 5.73 Å². The van der Waals surface area contributed by atoms with Crippen LogP contribution < -0.4 is 15.8 Å². The number of nitrogens with one attached hydrogen (secondary N) is 1. The van der Waals surface area contributed by atoms with E-state index in [-0.39, 0.29) is 11.6 Å². The molecule has 1 heterocycles. The number of ether oxygens (including phenoxy) is 1. The van der Waals surface area contributed by atoms with Crippen LogP contribution in [0.4, 0.5) is 5.82 Å². The molecule has 0 aliphatic heterocycles. The fourth-order valence-corrected chi connectivity index (χ4v) is 1.96. The summed E-state index contributed by atoms with van der Waals surface area (Å²) in [4.78, 5) is 8.50. The number of anilines is 1. The minimum atomic E-state index is 0.0190. The van der Waals surface area contributed by atoms with Gasteiger partial charge >= 0.3 is 0 Å². The Bertz CT molecular complexity index is 371. The zero-order valence-electron chi connectivity index (χ0n) is 10.4.